The maximum absolute atomic E-state index is 7.73. The van der Waals surface area contributed by atoms with E-state index in [9.17, 15) is 0 Å². The molecule has 1 heteroatoms. The van der Waals surface area contributed by atoms with Crippen LogP contribution in [-0.4, -0.2) is 5.71 Å². The molecule has 1 saturated carbocycles. The van der Waals surface area contributed by atoms with E-state index in [0.29, 0.717) is 11.8 Å². The Morgan fingerprint density at radius 3 is 2.91 bits per heavy atom. The lowest BCUT2D eigenvalue weighted by Gasteiger charge is -2.29. The van der Waals surface area contributed by atoms with Gasteiger partial charge in [0.15, 0.2) is 0 Å². The van der Waals surface area contributed by atoms with E-state index in [1.54, 1.807) is 0 Å². The van der Waals surface area contributed by atoms with Gasteiger partial charge in [0.25, 0.3) is 0 Å². The summed E-state index contributed by atoms with van der Waals surface area (Å²) in [6, 6.07) is 0. The Kier molecular flexibility index (Phi) is 1.65. The van der Waals surface area contributed by atoms with Gasteiger partial charge < -0.3 is 5.41 Å². The summed E-state index contributed by atoms with van der Waals surface area (Å²) in [6.07, 6.45) is 12.1. The van der Waals surface area contributed by atoms with E-state index in [2.05, 4.69) is 24.3 Å². The minimum atomic E-state index is 0.439. The molecule has 0 radical (unpaired) electrons. The summed E-state index contributed by atoms with van der Waals surface area (Å²) in [5.74, 6) is 1.08. The second-order valence-corrected chi connectivity index (χ2v) is 3.38. The fraction of sp³-hybridized carbons (Fsp3) is 0.500. The predicted octanol–water partition coefficient (Wildman–Crippen LogP) is 2.55. The molecule has 2 unspecified atom stereocenters. The van der Waals surface area contributed by atoms with Gasteiger partial charge in [0.1, 0.15) is 0 Å². The molecule has 1 fully saturated rings. The van der Waals surface area contributed by atoms with Crippen molar-refractivity contribution in [2.75, 3.05) is 0 Å². The molecule has 0 saturated heterocycles. The minimum absolute atomic E-state index is 0.439. The van der Waals surface area contributed by atoms with Crippen LogP contribution < -0.4 is 0 Å². The van der Waals surface area contributed by atoms with E-state index in [4.69, 9.17) is 5.41 Å². The lowest BCUT2D eigenvalue weighted by atomic mass is 9.76. The molecule has 2 aliphatic carbocycles. The molecular weight excluding hydrogens is 134 g/mol. The quantitative estimate of drug-likeness (QED) is 0.544. The molecule has 1 nitrogen and oxygen atoms in total. The second kappa shape index (κ2) is 2.65. The molecule has 0 aromatic heterocycles. The molecule has 2 atom stereocenters. The van der Waals surface area contributed by atoms with Crippen LogP contribution in [0.5, 0.6) is 0 Å². The molecule has 2 aliphatic rings. The van der Waals surface area contributed by atoms with E-state index < -0.39 is 0 Å². The Labute approximate surface area is 67.3 Å². The summed E-state index contributed by atoms with van der Waals surface area (Å²) in [4.78, 5) is 0. The lowest BCUT2D eigenvalue weighted by Crippen LogP contribution is -2.26. The van der Waals surface area contributed by atoms with Crippen molar-refractivity contribution in [2.24, 2.45) is 11.8 Å². The van der Waals surface area contributed by atoms with Crippen molar-refractivity contribution in [2.45, 2.75) is 19.3 Å². The normalized spacial score (nSPS) is 35.5. The molecule has 1 N–H and O–H groups in total. The molecule has 0 heterocycles. The van der Waals surface area contributed by atoms with Crippen molar-refractivity contribution in [1.29, 1.82) is 5.41 Å². The molecular formula is C10H13N. The van der Waals surface area contributed by atoms with Crippen LogP contribution >= 0.6 is 0 Å². The van der Waals surface area contributed by atoms with Gasteiger partial charge in [0, 0.05) is 11.6 Å². The van der Waals surface area contributed by atoms with Gasteiger partial charge in [-0.15, -0.1) is 0 Å². The summed E-state index contributed by atoms with van der Waals surface area (Å²) in [7, 11) is 0. The van der Waals surface area contributed by atoms with E-state index in [0.717, 1.165) is 12.1 Å². The van der Waals surface area contributed by atoms with Gasteiger partial charge in [-0.2, -0.15) is 0 Å². The molecule has 58 valence electrons. The van der Waals surface area contributed by atoms with Crippen LogP contribution in [0.2, 0.25) is 0 Å². The first kappa shape index (κ1) is 6.84. The maximum Gasteiger partial charge on any atom is 0.0211 e. The van der Waals surface area contributed by atoms with Crippen molar-refractivity contribution in [3.8, 4) is 0 Å². The molecule has 0 aliphatic heterocycles. The van der Waals surface area contributed by atoms with Gasteiger partial charge >= 0.3 is 0 Å². The lowest BCUT2D eigenvalue weighted by molar-refractivity contribution is 0.471. The highest BCUT2D eigenvalue weighted by Gasteiger charge is 2.25. The SMILES string of the molecule is N=C1CCCC2C=CC=CC12. The van der Waals surface area contributed by atoms with Crippen LogP contribution in [0.4, 0.5) is 0 Å². The first-order chi connectivity index (χ1) is 5.38. The van der Waals surface area contributed by atoms with Crippen molar-refractivity contribution in [3.05, 3.63) is 24.3 Å². The fourth-order valence-electron chi connectivity index (χ4n) is 2.00. The Balaban J connectivity index is 2.20. The van der Waals surface area contributed by atoms with Gasteiger partial charge in [-0.1, -0.05) is 24.3 Å². The van der Waals surface area contributed by atoms with E-state index in [1.807, 2.05) is 0 Å². The van der Waals surface area contributed by atoms with Gasteiger partial charge in [0.2, 0.25) is 0 Å². The van der Waals surface area contributed by atoms with Gasteiger partial charge in [-0.05, 0) is 25.2 Å². The third-order valence-electron chi connectivity index (χ3n) is 2.64. The fourth-order valence-corrected chi connectivity index (χ4v) is 2.00. The minimum Gasteiger partial charge on any atom is -0.309 e. The van der Waals surface area contributed by atoms with Gasteiger partial charge in [0.05, 0.1) is 0 Å². The van der Waals surface area contributed by atoms with E-state index in [1.165, 1.54) is 12.8 Å². The first-order valence-electron chi connectivity index (χ1n) is 4.30. The number of hydrogen-bond acceptors (Lipinski definition) is 1. The highest BCUT2D eigenvalue weighted by atomic mass is 14.5. The van der Waals surface area contributed by atoms with Gasteiger partial charge in [-0.25, -0.2) is 0 Å². The number of fused-ring (bicyclic) bond motifs is 1. The number of nitrogens with one attached hydrogen (secondary N) is 1. The Hall–Kier alpha value is -0.850. The van der Waals surface area contributed by atoms with Crippen LogP contribution in [-0.2, 0) is 0 Å². The van der Waals surface area contributed by atoms with Crippen LogP contribution in [0, 0.1) is 17.2 Å². The van der Waals surface area contributed by atoms with Crippen molar-refractivity contribution in [1.82, 2.24) is 0 Å². The van der Waals surface area contributed by atoms with Crippen LogP contribution in [0.1, 0.15) is 19.3 Å². The molecule has 0 aromatic rings. The average Bonchev–Trinajstić information content (AvgIpc) is 2.06. The van der Waals surface area contributed by atoms with E-state index in [-0.39, 0.29) is 0 Å². The smallest absolute Gasteiger partial charge is 0.0211 e. The number of hydrogen-bond donors (Lipinski definition) is 1. The van der Waals surface area contributed by atoms with Crippen molar-refractivity contribution < 1.29 is 0 Å². The third-order valence-corrected chi connectivity index (χ3v) is 2.64. The summed E-state index contributed by atoms with van der Waals surface area (Å²) < 4.78 is 0. The molecule has 0 aromatic carbocycles. The standard InChI is InChI=1S/C10H13N/c11-10-7-3-5-8-4-1-2-6-9(8)10/h1-2,4,6,8-9,11H,3,5,7H2. The molecule has 2 rings (SSSR count). The zero-order valence-corrected chi connectivity index (χ0v) is 6.59. The highest BCUT2D eigenvalue weighted by Crippen LogP contribution is 2.31. The first-order valence-corrected chi connectivity index (χ1v) is 4.30. The topological polar surface area (TPSA) is 23.9 Å². The zero-order chi connectivity index (χ0) is 7.68. The Morgan fingerprint density at radius 1 is 1.27 bits per heavy atom. The monoisotopic (exact) mass is 147 g/mol. The zero-order valence-electron chi connectivity index (χ0n) is 6.59. The maximum atomic E-state index is 7.73. The largest absolute Gasteiger partial charge is 0.309 e. The predicted molar refractivity (Wildman–Crippen MR) is 46.8 cm³/mol. The summed E-state index contributed by atoms with van der Waals surface area (Å²) in [5.41, 5.74) is 0.932. The summed E-state index contributed by atoms with van der Waals surface area (Å²) in [6.45, 7) is 0. The Morgan fingerprint density at radius 2 is 2.09 bits per heavy atom. The van der Waals surface area contributed by atoms with Gasteiger partial charge in [-0.3, -0.25) is 0 Å². The Bertz CT molecular complexity index is 225. The van der Waals surface area contributed by atoms with Crippen LogP contribution in [0.3, 0.4) is 0 Å². The second-order valence-electron chi connectivity index (χ2n) is 3.38. The summed E-state index contributed by atoms with van der Waals surface area (Å²) >= 11 is 0. The molecule has 0 bridgehead atoms. The molecule has 0 spiro atoms. The number of allylic oxidation sites excluding steroid dienone is 4. The molecule has 0 amide bonds. The van der Waals surface area contributed by atoms with Crippen molar-refractivity contribution in [3.63, 3.8) is 0 Å². The van der Waals surface area contributed by atoms with Crippen LogP contribution in [0.25, 0.3) is 0 Å². The van der Waals surface area contributed by atoms with Crippen molar-refractivity contribution >= 4 is 5.71 Å². The number of rotatable bonds is 0. The molecule has 11 heavy (non-hydrogen) atoms. The third kappa shape index (κ3) is 1.15. The van der Waals surface area contributed by atoms with Crippen LogP contribution in [0.15, 0.2) is 24.3 Å². The van der Waals surface area contributed by atoms with E-state index >= 15 is 0 Å². The highest BCUT2D eigenvalue weighted by molar-refractivity contribution is 5.86. The average molecular weight is 147 g/mol. The summed E-state index contributed by atoms with van der Waals surface area (Å²) in [5, 5.41) is 7.73.